The number of hydrogen-bond donors (Lipinski definition) is 1. The molecule has 0 amide bonds. The average molecular weight is 251 g/mol. The number of hydrogen-bond acceptors (Lipinski definition) is 3. The van der Waals surface area contributed by atoms with Crippen molar-refractivity contribution in [3.8, 4) is 11.4 Å². The van der Waals surface area contributed by atoms with Crippen LogP contribution in [0.4, 0.5) is 0 Å². The molecule has 19 heavy (non-hydrogen) atoms. The monoisotopic (exact) mass is 251 g/mol. The minimum absolute atomic E-state index is 0.186. The number of aryl methyl sites for hydroxylation is 1. The van der Waals surface area contributed by atoms with E-state index >= 15 is 0 Å². The molecule has 0 aliphatic carbocycles. The Labute approximate surface area is 110 Å². The third-order valence-corrected chi connectivity index (χ3v) is 3.04. The summed E-state index contributed by atoms with van der Waals surface area (Å²) in [5, 5.41) is 18.9. The zero-order valence-electron chi connectivity index (χ0n) is 10.5. The first-order valence-corrected chi connectivity index (χ1v) is 5.97. The van der Waals surface area contributed by atoms with Crippen molar-refractivity contribution in [3.63, 3.8) is 0 Å². The lowest BCUT2D eigenvalue weighted by Gasteiger charge is -2.07. The number of phenolic OH excluding ortho intramolecular Hbond substituents is 1. The number of benzene rings is 2. The zero-order chi connectivity index (χ0) is 13.4. The summed E-state index contributed by atoms with van der Waals surface area (Å²) in [5.41, 5.74) is 3.85. The number of aromatic nitrogens is 3. The second kappa shape index (κ2) is 4.24. The van der Waals surface area contributed by atoms with Crippen LogP contribution < -0.4 is 0 Å². The molecule has 0 atom stereocenters. The van der Waals surface area contributed by atoms with Crippen molar-refractivity contribution in [1.82, 2.24) is 15.0 Å². The van der Waals surface area contributed by atoms with Gasteiger partial charge in [-0.15, -0.1) is 15.0 Å². The van der Waals surface area contributed by atoms with Crippen LogP contribution in [0.5, 0.6) is 5.75 Å². The molecule has 2 aromatic carbocycles. The molecular weight excluding hydrogens is 238 g/mol. The summed E-state index contributed by atoms with van der Waals surface area (Å²) >= 11 is 0. The molecule has 0 spiro atoms. The number of rotatable bonds is 2. The van der Waals surface area contributed by atoms with Gasteiger partial charge in [-0.3, -0.25) is 0 Å². The summed E-state index contributed by atoms with van der Waals surface area (Å²) in [6, 6.07) is 11.3. The first kappa shape index (κ1) is 11.5. The van der Waals surface area contributed by atoms with Gasteiger partial charge in [0.1, 0.15) is 22.5 Å². The Hall–Kier alpha value is -2.62. The Morgan fingerprint density at radius 2 is 1.79 bits per heavy atom. The standard InChI is InChI=1S/C15H13N3O/c1-3-11-8-10(2)15(19)14(9-11)18-16-12-6-4-5-7-13(12)17-18/h3-9,19H,1H2,2H3. The van der Waals surface area contributed by atoms with Crippen LogP contribution >= 0.6 is 0 Å². The van der Waals surface area contributed by atoms with Gasteiger partial charge in [0.25, 0.3) is 0 Å². The molecule has 0 saturated carbocycles. The maximum atomic E-state index is 10.2. The first-order chi connectivity index (χ1) is 9.19. The molecule has 94 valence electrons. The Morgan fingerprint density at radius 1 is 1.16 bits per heavy atom. The van der Waals surface area contributed by atoms with Gasteiger partial charge in [-0.2, -0.15) is 0 Å². The lowest BCUT2D eigenvalue weighted by Crippen LogP contribution is -2.00. The smallest absolute Gasteiger partial charge is 0.146 e. The minimum Gasteiger partial charge on any atom is -0.505 e. The molecule has 4 heteroatoms. The Bertz CT molecular complexity index is 741. The third-order valence-electron chi connectivity index (χ3n) is 3.04. The molecule has 3 rings (SSSR count). The highest BCUT2D eigenvalue weighted by Gasteiger charge is 2.11. The highest BCUT2D eigenvalue weighted by molar-refractivity contribution is 5.74. The number of fused-ring (bicyclic) bond motifs is 1. The largest absolute Gasteiger partial charge is 0.505 e. The topological polar surface area (TPSA) is 50.9 Å². The summed E-state index contributed by atoms with van der Waals surface area (Å²) < 4.78 is 0. The minimum atomic E-state index is 0.186. The van der Waals surface area contributed by atoms with Crippen molar-refractivity contribution < 1.29 is 5.11 Å². The molecule has 0 unspecified atom stereocenters. The molecule has 3 aromatic rings. The van der Waals surface area contributed by atoms with E-state index in [4.69, 9.17) is 0 Å². The van der Waals surface area contributed by atoms with Gasteiger partial charge in [-0.1, -0.05) is 24.8 Å². The summed E-state index contributed by atoms with van der Waals surface area (Å²) in [4.78, 5) is 1.46. The van der Waals surface area contributed by atoms with Crippen LogP contribution in [0.25, 0.3) is 22.8 Å². The molecule has 0 fully saturated rings. The van der Waals surface area contributed by atoms with Gasteiger partial charge in [0.05, 0.1) is 0 Å². The molecule has 0 saturated heterocycles. The van der Waals surface area contributed by atoms with Crippen LogP contribution in [0.3, 0.4) is 0 Å². The zero-order valence-corrected chi connectivity index (χ0v) is 10.5. The van der Waals surface area contributed by atoms with E-state index in [0.29, 0.717) is 5.69 Å². The summed E-state index contributed by atoms with van der Waals surface area (Å²) in [7, 11) is 0. The second-order valence-electron chi connectivity index (χ2n) is 4.39. The van der Waals surface area contributed by atoms with Crippen LogP contribution in [0.2, 0.25) is 0 Å². The van der Waals surface area contributed by atoms with E-state index < -0.39 is 0 Å². The fraction of sp³-hybridized carbons (Fsp3) is 0.0667. The molecule has 1 aromatic heterocycles. The first-order valence-electron chi connectivity index (χ1n) is 5.97. The predicted molar refractivity (Wildman–Crippen MR) is 75.4 cm³/mol. The Balaban J connectivity index is 2.25. The number of nitrogens with zero attached hydrogens (tertiary/aromatic N) is 3. The van der Waals surface area contributed by atoms with E-state index in [-0.39, 0.29) is 5.75 Å². The molecular formula is C15H13N3O. The van der Waals surface area contributed by atoms with Crippen molar-refractivity contribution in [3.05, 3.63) is 54.1 Å². The van der Waals surface area contributed by atoms with Gasteiger partial charge < -0.3 is 5.11 Å². The van der Waals surface area contributed by atoms with E-state index in [9.17, 15) is 5.11 Å². The molecule has 1 N–H and O–H groups in total. The molecule has 0 radical (unpaired) electrons. The molecule has 0 aliphatic rings. The highest BCUT2D eigenvalue weighted by Crippen LogP contribution is 2.27. The third kappa shape index (κ3) is 1.87. The number of aromatic hydroxyl groups is 1. The van der Waals surface area contributed by atoms with E-state index in [1.807, 2.05) is 43.3 Å². The summed E-state index contributed by atoms with van der Waals surface area (Å²) in [6.07, 6.45) is 1.74. The molecule has 1 heterocycles. The molecule has 0 aliphatic heterocycles. The van der Waals surface area contributed by atoms with Gasteiger partial charge in [-0.05, 0) is 42.3 Å². The van der Waals surface area contributed by atoms with E-state index in [2.05, 4.69) is 16.8 Å². The SMILES string of the molecule is C=Cc1cc(C)c(O)c(-n2nc3ccccc3n2)c1. The van der Waals surface area contributed by atoms with E-state index in [0.717, 1.165) is 22.2 Å². The highest BCUT2D eigenvalue weighted by atomic mass is 16.3. The van der Waals surface area contributed by atoms with Gasteiger partial charge in [0, 0.05) is 0 Å². The van der Waals surface area contributed by atoms with Gasteiger partial charge in [-0.25, -0.2) is 0 Å². The maximum Gasteiger partial charge on any atom is 0.146 e. The van der Waals surface area contributed by atoms with E-state index in [1.54, 1.807) is 6.08 Å². The van der Waals surface area contributed by atoms with Crippen LogP contribution in [0.1, 0.15) is 11.1 Å². The van der Waals surface area contributed by atoms with Crippen molar-refractivity contribution in [2.75, 3.05) is 0 Å². The average Bonchev–Trinajstić information content (AvgIpc) is 2.85. The quantitative estimate of drug-likeness (QED) is 0.761. The van der Waals surface area contributed by atoms with Gasteiger partial charge in [0.2, 0.25) is 0 Å². The lowest BCUT2D eigenvalue weighted by atomic mass is 10.1. The molecule has 4 nitrogen and oxygen atoms in total. The fourth-order valence-electron chi connectivity index (χ4n) is 2.03. The molecule has 0 bridgehead atoms. The summed E-state index contributed by atoms with van der Waals surface area (Å²) in [6.45, 7) is 5.59. The van der Waals surface area contributed by atoms with Crippen molar-refractivity contribution in [1.29, 1.82) is 0 Å². The fourth-order valence-corrected chi connectivity index (χ4v) is 2.03. The second-order valence-corrected chi connectivity index (χ2v) is 4.39. The number of phenols is 1. The Morgan fingerprint density at radius 3 is 2.37 bits per heavy atom. The van der Waals surface area contributed by atoms with Crippen LogP contribution in [-0.2, 0) is 0 Å². The van der Waals surface area contributed by atoms with Crippen molar-refractivity contribution >= 4 is 17.1 Å². The van der Waals surface area contributed by atoms with Gasteiger partial charge in [0.15, 0.2) is 0 Å². The van der Waals surface area contributed by atoms with Crippen molar-refractivity contribution in [2.24, 2.45) is 0 Å². The van der Waals surface area contributed by atoms with Crippen molar-refractivity contribution in [2.45, 2.75) is 6.92 Å². The predicted octanol–water partition coefficient (Wildman–Crippen LogP) is 3.08. The van der Waals surface area contributed by atoms with Crippen LogP contribution in [0.15, 0.2) is 43.0 Å². The van der Waals surface area contributed by atoms with Crippen LogP contribution in [0, 0.1) is 6.92 Å². The lowest BCUT2D eigenvalue weighted by molar-refractivity contribution is 0.463. The van der Waals surface area contributed by atoms with Crippen LogP contribution in [-0.4, -0.2) is 20.1 Å². The normalized spacial score (nSPS) is 10.8. The summed E-state index contributed by atoms with van der Waals surface area (Å²) in [5.74, 6) is 0.186. The Kier molecular flexibility index (Phi) is 2.56. The maximum absolute atomic E-state index is 10.2. The van der Waals surface area contributed by atoms with Gasteiger partial charge >= 0.3 is 0 Å². The van der Waals surface area contributed by atoms with E-state index in [1.165, 1.54) is 4.80 Å².